The van der Waals surface area contributed by atoms with Crippen LogP contribution < -0.4 is 5.32 Å². The summed E-state index contributed by atoms with van der Waals surface area (Å²) in [5, 5.41) is 3.34. The molecule has 1 amide bonds. The number of benzene rings is 1. The van der Waals surface area contributed by atoms with Crippen molar-refractivity contribution in [3.8, 4) is 0 Å². The number of hydrogen-bond acceptors (Lipinski definition) is 4. The second-order valence-electron chi connectivity index (χ2n) is 5.28. The lowest BCUT2D eigenvalue weighted by atomic mass is 10.1. The zero-order valence-corrected chi connectivity index (χ0v) is 12.6. The maximum absolute atomic E-state index is 12.3. The van der Waals surface area contributed by atoms with Crippen molar-refractivity contribution in [3.63, 3.8) is 0 Å². The summed E-state index contributed by atoms with van der Waals surface area (Å²) in [6.07, 6.45) is 3.35. The second-order valence-corrected chi connectivity index (χ2v) is 7.29. The third kappa shape index (κ3) is 3.58. The van der Waals surface area contributed by atoms with E-state index in [-0.39, 0.29) is 10.8 Å². The van der Waals surface area contributed by atoms with Crippen molar-refractivity contribution in [3.05, 3.63) is 29.8 Å². The Labute approximate surface area is 119 Å². The fourth-order valence-corrected chi connectivity index (χ4v) is 3.07. The molecule has 1 aliphatic rings. The average molecular weight is 296 g/mol. The molecule has 1 unspecified atom stereocenters. The molecule has 110 valence electrons. The molecule has 1 heterocycles. The Bertz CT molecular complexity index is 592. The lowest BCUT2D eigenvalue weighted by molar-refractivity contribution is 0.0783. The first-order chi connectivity index (χ1) is 9.38. The van der Waals surface area contributed by atoms with Crippen molar-refractivity contribution in [2.75, 3.05) is 26.4 Å². The molecule has 0 bridgehead atoms. The Kier molecular flexibility index (Phi) is 4.45. The van der Waals surface area contributed by atoms with Gasteiger partial charge in [-0.05, 0) is 37.6 Å². The van der Waals surface area contributed by atoms with Gasteiger partial charge >= 0.3 is 0 Å². The Morgan fingerprint density at radius 3 is 2.80 bits per heavy atom. The van der Waals surface area contributed by atoms with Gasteiger partial charge in [-0.1, -0.05) is 6.07 Å². The van der Waals surface area contributed by atoms with Crippen LogP contribution in [0.25, 0.3) is 0 Å². The van der Waals surface area contributed by atoms with E-state index in [9.17, 15) is 13.2 Å². The van der Waals surface area contributed by atoms with E-state index in [4.69, 9.17) is 0 Å². The van der Waals surface area contributed by atoms with E-state index in [1.807, 2.05) is 0 Å². The zero-order valence-electron chi connectivity index (χ0n) is 11.8. The summed E-state index contributed by atoms with van der Waals surface area (Å²) >= 11 is 0. The predicted octanol–water partition coefficient (Wildman–Crippen LogP) is 0.914. The van der Waals surface area contributed by atoms with Gasteiger partial charge in [0.2, 0.25) is 0 Å². The van der Waals surface area contributed by atoms with Gasteiger partial charge in [-0.3, -0.25) is 4.79 Å². The number of sulfone groups is 1. The summed E-state index contributed by atoms with van der Waals surface area (Å²) in [5.41, 5.74) is 0.411. The molecule has 0 aromatic heterocycles. The number of amides is 1. The predicted molar refractivity (Wildman–Crippen MR) is 77.5 cm³/mol. The van der Waals surface area contributed by atoms with Crippen LogP contribution in [0.2, 0.25) is 0 Å². The van der Waals surface area contributed by atoms with E-state index in [2.05, 4.69) is 5.32 Å². The summed E-state index contributed by atoms with van der Waals surface area (Å²) in [6, 6.07) is 6.53. The van der Waals surface area contributed by atoms with Gasteiger partial charge in [0.15, 0.2) is 9.84 Å². The van der Waals surface area contributed by atoms with Crippen molar-refractivity contribution in [2.24, 2.45) is 0 Å². The van der Waals surface area contributed by atoms with E-state index < -0.39 is 9.84 Å². The Hall–Kier alpha value is -1.40. The van der Waals surface area contributed by atoms with Crippen LogP contribution in [0.5, 0.6) is 0 Å². The molecule has 0 radical (unpaired) electrons. The Balaban J connectivity index is 2.12. The number of carbonyl (C=O) groups excluding carboxylic acids is 1. The normalized spacial score (nSPS) is 19.0. The van der Waals surface area contributed by atoms with Crippen LogP contribution in [0.1, 0.15) is 23.2 Å². The smallest absolute Gasteiger partial charge is 0.253 e. The van der Waals surface area contributed by atoms with Gasteiger partial charge in [0.1, 0.15) is 0 Å². The highest BCUT2D eigenvalue weighted by Gasteiger charge is 2.20. The summed E-state index contributed by atoms with van der Waals surface area (Å²) in [6.45, 7) is 1.64. The van der Waals surface area contributed by atoms with Crippen LogP contribution in [-0.4, -0.2) is 51.7 Å². The molecular weight excluding hydrogens is 276 g/mol. The number of rotatable bonds is 4. The first kappa shape index (κ1) is 15.0. The van der Waals surface area contributed by atoms with Crippen LogP contribution in [0.3, 0.4) is 0 Å². The Morgan fingerprint density at radius 2 is 2.20 bits per heavy atom. The Morgan fingerprint density at radius 1 is 1.45 bits per heavy atom. The molecule has 0 saturated carbocycles. The average Bonchev–Trinajstić information content (AvgIpc) is 2.90. The molecule has 5 nitrogen and oxygen atoms in total. The number of hydrogen-bond donors (Lipinski definition) is 1. The summed E-state index contributed by atoms with van der Waals surface area (Å²) < 4.78 is 23.0. The maximum atomic E-state index is 12.3. The fourth-order valence-electron chi connectivity index (χ4n) is 2.41. The third-order valence-corrected chi connectivity index (χ3v) is 4.62. The van der Waals surface area contributed by atoms with Crippen LogP contribution >= 0.6 is 0 Å². The van der Waals surface area contributed by atoms with E-state index in [1.165, 1.54) is 12.1 Å². The lowest BCUT2D eigenvalue weighted by Gasteiger charge is -2.21. The van der Waals surface area contributed by atoms with Crippen molar-refractivity contribution in [1.82, 2.24) is 10.2 Å². The minimum atomic E-state index is -3.29. The molecule has 1 fully saturated rings. The minimum Gasteiger partial charge on any atom is -0.340 e. The molecule has 6 heteroatoms. The van der Waals surface area contributed by atoms with Gasteiger partial charge < -0.3 is 10.2 Å². The number of likely N-dealkylation sites (N-methyl/N-ethyl adjacent to an activating group) is 1. The molecule has 1 N–H and O–H groups in total. The van der Waals surface area contributed by atoms with E-state index in [0.29, 0.717) is 18.2 Å². The van der Waals surface area contributed by atoms with Crippen molar-refractivity contribution in [2.45, 2.75) is 23.8 Å². The SMILES string of the molecule is CN(CC1CCCN1)C(=O)c1cccc(S(C)(=O)=O)c1. The van der Waals surface area contributed by atoms with Gasteiger partial charge in [-0.15, -0.1) is 0 Å². The van der Waals surface area contributed by atoms with E-state index in [0.717, 1.165) is 25.6 Å². The number of carbonyl (C=O) groups is 1. The summed E-state index contributed by atoms with van der Waals surface area (Å²) in [4.78, 5) is 14.1. The number of nitrogens with one attached hydrogen (secondary N) is 1. The third-order valence-electron chi connectivity index (χ3n) is 3.51. The quantitative estimate of drug-likeness (QED) is 0.897. The van der Waals surface area contributed by atoms with Crippen LogP contribution in [-0.2, 0) is 9.84 Å². The molecule has 20 heavy (non-hydrogen) atoms. The highest BCUT2D eigenvalue weighted by atomic mass is 32.2. The van der Waals surface area contributed by atoms with Crippen molar-refractivity contribution < 1.29 is 13.2 Å². The minimum absolute atomic E-state index is 0.149. The summed E-state index contributed by atoms with van der Waals surface area (Å²) in [5.74, 6) is -0.149. The topological polar surface area (TPSA) is 66.5 Å². The monoisotopic (exact) mass is 296 g/mol. The van der Waals surface area contributed by atoms with Crippen molar-refractivity contribution in [1.29, 1.82) is 0 Å². The van der Waals surface area contributed by atoms with Crippen molar-refractivity contribution >= 4 is 15.7 Å². The maximum Gasteiger partial charge on any atom is 0.253 e. The van der Waals surface area contributed by atoms with Crippen LogP contribution in [0.4, 0.5) is 0 Å². The lowest BCUT2D eigenvalue weighted by Crippen LogP contribution is -2.38. The van der Waals surface area contributed by atoms with Crippen LogP contribution in [0, 0.1) is 0 Å². The van der Waals surface area contributed by atoms with Gasteiger partial charge in [0.25, 0.3) is 5.91 Å². The largest absolute Gasteiger partial charge is 0.340 e. The summed E-state index contributed by atoms with van der Waals surface area (Å²) in [7, 11) is -1.54. The highest BCUT2D eigenvalue weighted by Crippen LogP contribution is 2.14. The van der Waals surface area contributed by atoms with Gasteiger partial charge in [0.05, 0.1) is 4.90 Å². The molecule has 1 aromatic carbocycles. The molecule has 2 rings (SSSR count). The van der Waals surface area contributed by atoms with Crippen LogP contribution in [0.15, 0.2) is 29.2 Å². The highest BCUT2D eigenvalue weighted by molar-refractivity contribution is 7.90. The standard InChI is InChI=1S/C14H20N2O3S/c1-16(10-12-6-4-8-15-12)14(17)11-5-3-7-13(9-11)20(2,18)19/h3,5,7,9,12,15H,4,6,8,10H2,1-2H3. The number of nitrogens with zero attached hydrogens (tertiary/aromatic N) is 1. The second kappa shape index (κ2) is 5.93. The zero-order chi connectivity index (χ0) is 14.8. The molecule has 1 aliphatic heterocycles. The molecule has 1 atom stereocenters. The fraction of sp³-hybridized carbons (Fsp3) is 0.500. The molecular formula is C14H20N2O3S. The molecule has 0 aliphatic carbocycles. The van der Waals surface area contributed by atoms with Gasteiger partial charge in [-0.2, -0.15) is 0 Å². The first-order valence-electron chi connectivity index (χ1n) is 6.67. The molecule has 1 saturated heterocycles. The molecule has 1 aromatic rings. The first-order valence-corrected chi connectivity index (χ1v) is 8.56. The molecule has 0 spiro atoms. The van der Waals surface area contributed by atoms with Gasteiger partial charge in [0, 0.05) is 31.5 Å². The van der Waals surface area contributed by atoms with Gasteiger partial charge in [-0.25, -0.2) is 8.42 Å². The van der Waals surface area contributed by atoms with E-state index in [1.54, 1.807) is 24.1 Å². The van der Waals surface area contributed by atoms with E-state index >= 15 is 0 Å².